The first-order valence-electron chi connectivity index (χ1n) is 16.7. The Morgan fingerprint density at radius 2 is 0.922 bits per heavy atom. The Morgan fingerprint density at radius 1 is 0.431 bits per heavy atom. The minimum absolute atomic E-state index is 0.616. The van der Waals surface area contributed by atoms with E-state index in [0.29, 0.717) is 23.2 Å². The van der Waals surface area contributed by atoms with Crippen LogP contribution in [0.3, 0.4) is 0 Å². The van der Waals surface area contributed by atoms with E-state index >= 15 is 0 Å². The van der Waals surface area contributed by atoms with Crippen LogP contribution >= 0.6 is 0 Å². The van der Waals surface area contributed by atoms with E-state index in [1.807, 2.05) is 91.1 Å². The zero-order valence-electron chi connectivity index (χ0n) is 27.3. The number of nitrogens with zero attached hydrogens (tertiary/aromatic N) is 6. The number of hydrogen-bond acceptors (Lipinski definition) is 4. The van der Waals surface area contributed by atoms with Crippen molar-refractivity contribution in [3.8, 4) is 62.1 Å². The lowest BCUT2D eigenvalue weighted by molar-refractivity contribution is 1.07. The second-order valence-corrected chi connectivity index (χ2v) is 12.3. The molecule has 6 nitrogen and oxygen atoms in total. The summed E-state index contributed by atoms with van der Waals surface area (Å²) in [6.45, 7) is 7.69. The Kier molecular flexibility index (Phi) is 7.42. The van der Waals surface area contributed by atoms with Crippen LogP contribution in [-0.4, -0.2) is 24.5 Å². The average Bonchev–Trinajstić information content (AvgIpc) is 3.54. The number of fused-ring (bicyclic) bond motifs is 3. The molecule has 0 atom stereocenters. The van der Waals surface area contributed by atoms with E-state index in [1.165, 1.54) is 0 Å². The van der Waals surface area contributed by atoms with Gasteiger partial charge in [-0.05, 0) is 70.1 Å². The van der Waals surface area contributed by atoms with Gasteiger partial charge in [-0.3, -0.25) is 4.98 Å². The Bertz CT molecular complexity index is 2660. The summed E-state index contributed by atoms with van der Waals surface area (Å²) < 4.78 is 2.27. The molecule has 3 heterocycles. The summed E-state index contributed by atoms with van der Waals surface area (Å²) in [6.07, 6.45) is 3.66. The molecule has 0 unspecified atom stereocenters. The van der Waals surface area contributed by atoms with Gasteiger partial charge in [-0.15, -0.1) is 0 Å². The summed E-state index contributed by atoms with van der Waals surface area (Å²) in [4.78, 5) is 22.6. The SMILES string of the molecule is [C-]#[N+]c1ccc2c(c1)c1cc(-c3ccc(-c4nc(-c5ccccc5)nc(-c5ccccc5)n4)cc3)ccc1n2-c1ccc(-c2cccnc2)cc1. The lowest BCUT2D eigenvalue weighted by Crippen LogP contribution is -2.00. The van der Waals surface area contributed by atoms with Crippen molar-refractivity contribution in [1.82, 2.24) is 24.5 Å². The summed E-state index contributed by atoms with van der Waals surface area (Å²) >= 11 is 0. The van der Waals surface area contributed by atoms with E-state index in [9.17, 15) is 0 Å². The van der Waals surface area contributed by atoms with Gasteiger partial charge in [0.2, 0.25) is 0 Å². The monoisotopic (exact) mass is 652 g/mol. The number of pyridine rings is 1. The number of benzene rings is 6. The minimum atomic E-state index is 0.616. The predicted octanol–water partition coefficient (Wildman–Crippen LogP) is 11.2. The molecular weight excluding hydrogens is 625 g/mol. The average molecular weight is 653 g/mol. The Labute approximate surface area is 294 Å². The topological polar surface area (TPSA) is 60.9 Å². The van der Waals surface area contributed by atoms with Crippen molar-refractivity contribution in [2.45, 2.75) is 0 Å². The van der Waals surface area contributed by atoms with E-state index in [1.54, 1.807) is 6.20 Å². The lowest BCUT2D eigenvalue weighted by Gasteiger charge is -2.10. The molecule has 0 fully saturated rings. The zero-order chi connectivity index (χ0) is 34.1. The van der Waals surface area contributed by atoms with Crippen LogP contribution in [-0.2, 0) is 0 Å². The maximum Gasteiger partial charge on any atom is 0.188 e. The summed E-state index contributed by atoms with van der Waals surface area (Å²) in [5.74, 6) is 1.89. The quantitative estimate of drug-likeness (QED) is 0.168. The molecule has 0 saturated heterocycles. The highest BCUT2D eigenvalue weighted by molar-refractivity contribution is 6.11. The first kappa shape index (κ1) is 29.9. The van der Waals surface area contributed by atoms with E-state index in [-0.39, 0.29) is 0 Å². The third-order valence-electron chi connectivity index (χ3n) is 9.17. The lowest BCUT2D eigenvalue weighted by atomic mass is 10.0. The summed E-state index contributed by atoms with van der Waals surface area (Å²) in [5.41, 5.74) is 10.9. The van der Waals surface area contributed by atoms with E-state index in [4.69, 9.17) is 21.5 Å². The van der Waals surface area contributed by atoms with Crippen LogP contribution in [0.5, 0.6) is 0 Å². The molecule has 6 aromatic carbocycles. The van der Waals surface area contributed by atoms with Crippen LogP contribution in [0.25, 0.3) is 88.8 Å². The number of aromatic nitrogens is 5. The molecule has 0 amide bonds. The largest absolute Gasteiger partial charge is 0.309 e. The van der Waals surface area contributed by atoms with Gasteiger partial charge >= 0.3 is 0 Å². The van der Waals surface area contributed by atoms with Crippen LogP contribution in [0.2, 0.25) is 0 Å². The molecule has 0 saturated carbocycles. The molecule has 0 aliphatic carbocycles. The third-order valence-corrected chi connectivity index (χ3v) is 9.17. The maximum absolute atomic E-state index is 7.69. The fraction of sp³-hybridized carbons (Fsp3) is 0. The van der Waals surface area contributed by atoms with Crippen LogP contribution < -0.4 is 0 Å². The van der Waals surface area contributed by atoms with Gasteiger partial charge in [-0.1, -0.05) is 115 Å². The van der Waals surface area contributed by atoms with Crippen molar-refractivity contribution < 1.29 is 0 Å². The second-order valence-electron chi connectivity index (χ2n) is 12.3. The molecule has 0 N–H and O–H groups in total. The van der Waals surface area contributed by atoms with Crippen molar-refractivity contribution in [3.63, 3.8) is 0 Å². The molecule has 0 aliphatic heterocycles. The van der Waals surface area contributed by atoms with Gasteiger partial charge in [0.05, 0.1) is 17.6 Å². The van der Waals surface area contributed by atoms with Gasteiger partial charge in [0.1, 0.15) is 0 Å². The van der Waals surface area contributed by atoms with Crippen LogP contribution in [0.15, 0.2) is 170 Å². The first-order valence-corrected chi connectivity index (χ1v) is 16.7. The van der Waals surface area contributed by atoms with Crippen LogP contribution in [0.1, 0.15) is 0 Å². The van der Waals surface area contributed by atoms with Crippen molar-refractivity contribution in [1.29, 1.82) is 0 Å². The molecule has 0 radical (unpaired) electrons. The Morgan fingerprint density at radius 3 is 1.51 bits per heavy atom. The highest BCUT2D eigenvalue weighted by atomic mass is 15.0. The van der Waals surface area contributed by atoms with Gasteiger partial charge in [0, 0.05) is 40.2 Å². The normalized spacial score (nSPS) is 11.1. The second kappa shape index (κ2) is 12.7. The van der Waals surface area contributed by atoms with Crippen molar-refractivity contribution in [2.24, 2.45) is 0 Å². The molecule has 0 bridgehead atoms. The van der Waals surface area contributed by atoms with Gasteiger partial charge in [0.25, 0.3) is 0 Å². The smallest absolute Gasteiger partial charge is 0.188 e. The van der Waals surface area contributed by atoms with Crippen molar-refractivity contribution in [3.05, 3.63) is 182 Å². The van der Waals surface area contributed by atoms with Crippen LogP contribution in [0, 0.1) is 6.57 Å². The molecule has 51 heavy (non-hydrogen) atoms. The van der Waals surface area contributed by atoms with E-state index < -0.39 is 0 Å². The van der Waals surface area contributed by atoms with Crippen molar-refractivity contribution in [2.75, 3.05) is 0 Å². The third kappa shape index (κ3) is 5.59. The molecule has 0 aliphatic rings. The molecule has 9 aromatic rings. The fourth-order valence-corrected chi connectivity index (χ4v) is 6.62. The highest BCUT2D eigenvalue weighted by Crippen LogP contribution is 2.37. The zero-order valence-corrected chi connectivity index (χ0v) is 27.3. The summed E-state index contributed by atoms with van der Waals surface area (Å²) in [5, 5.41) is 2.13. The summed E-state index contributed by atoms with van der Waals surface area (Å²) in [6, 6.07) is 53.5. The van der Waals surface area contributed by atoms with Gasteiger partial charge in [-0.2, -0.15) is 0 Å². The molecule has 6 heteroatoms. The van der Waals surface area contributed by atoms with Crippen molar-refractivity contribution >= 4 is 27.5 Å². The fourth-order valence-electron chi connectivity index (χ4n) is 6.62. The summed E-state index contributed by atoms with van der Waals surface area (Å²) in [7, 11) is 0. The first-order chi connectivity index (χ1) is 25.2. The van der Waals surface area contributed by atoms with E-state index in [2.05, 4.69) is 87.2 Å². The standard InChI is InChI=1S/C45H28N6/c1-46-37-21-25-42-40(28-37)39-27-35(20-24-41(39)51(42)38-22-18-31(19-23-38)36-13-8-26-47-29-36)30-14-16-34(17-15-30)45-49-43(32-9-4-2-5-10-32)48-44(50-45)33-11-6-3-7-12-33/h2-29H. The maximum atomic E-state index is 7.69. The molecule has 9 rings (SSSR count). The van der Waals surface area contributed by atoms with E-state index in [0.717, 1.165) is 66.4 Å². The number of hydrogen-bond donors (Lipinski definition) is 0. The minimum Gasteiger partial charge on any atom is -0.309 e. The molecule has 3 aromatic heterocycles. The Hall–Kier alpha value is -7.23. The molecule has 238 valence electrons. The predicted molar refractivity (Wildman–Crippen MR) is 205 cm³/mol. The number of rotatable bonds is 6. The van der Waals surface area contributed by atoms with Gasteiger partial charge < -0.3 is 4.57 Å². The van der Waals surface area contributed by atoms with Gasteiger partial charge in [0.15, 0.2) is 23.2 Å². The highest BCUT2D eigenvalue weighted by Gasteiger charge is 2.16. The molecular formula is C45H28N6. The van der Waals surface area contributed by atoms with Gasteiger partial charge in [-0.25, -0.2) is 19.8 Å². The van der Waals surface area contributed by atoms with Crippen LogP contribution in [0.4, 0.5) is 5.69 Å². The molecule has 0 spiro atoms. The Balaban J connectivity index is 1.11.